The SMILES string of the molecule is O=C(NCCO)O[C@H]1CCN(C(=O)OCc2ccccc2)[C@@H](c2ccc(F)cc2)C1. The summed E-state index contributed by atoms with van der Waals surface area (Å²) < 4.78 is 24.3. The third kappa shape index (κ3) is 5.93. The Hall–Kier alpha value is -3.13. The number of carbonyl (C=O) groups excluding carboxylic acids is 2. The van der Waals surface area contributed by atoms with Crippen LogP contribution in [0.5, 0.6) is 0 Å². The van der Waals surface area contributed by atoms with Crippen molar-refractivity contribution < 1.29 is 28.6 Å². The molecule has 2 amide bonds. The fourth-order valence-electron chi connectivity index (χ4n) is 3.41. The molecular weight excluding hydrogens is 391 g/mol. The number of rotatable bonds is 6. The van der Waals surface area contributed by atoms with Gasteiger partial charge in [-0.3, -0.25) is 0 Å². The molecule has 0 unspecified atom stereocenters. The Morgan fingerprint density at radius 1 is 1.13 bits per heavy atom. The summed E-state index contributed by atoms with van der Waals surface area (Å²) in [7, 11) is 0. The van der Waals surface area contributed by atoms with E-state index in [0.717, 1.165) is 11.1 Å². The minimum absolute atomic E-state index is 0.102. The molecule has 2 N–H and O–H groups in total. The summed E-state index contributed by atoms with van der Waals surface area (Å²) in [6.45, 7) is 0.396. The summed E-state index contributed by atoms with van der Waals surface area (Å²) in [5.74, 6) is -0.371. The van der Waals surface area contributed by atoms with E-state index in [4.69, 9.17) is 14.6 Å². The van der Waals surface area contributed by atoms with Gasteiger partial charge in [-0.15, -0.1) is 0 Å². The average molecular weight is 416 g/mol. The summed E-state index contributed by atoms with van der Waals surface area (Å²) >= 11 is 0. The monoisotopic (exact) mass is 416 g/mol. The summed E-state index contributed by atoms with van der Waals surface area (Å²) in [6.07, 6.45) is -0.705. The summed E-state index contributed by atoms with van der Waals surface area (Å²) in [4.78, 5) is 26.2. The molecule has 2 aromatic carbocycles. The first-order chi connectivity index (χ1) is 14.6. The smallest absolute Gasteiger partial charge is 0.410 e. The number of likely N-dealkylation sites (tertiary alicyclic amines) is 1. The maximum atomic E-state index is 13.4. The zero-order valence-corrected chi connectivity index (χ0v) is 16.5. The van der Waals surface area contributed by atoms with Gasteiger partial charge in [-0.25, -0.2) is 14.0 Å². The van der Waals surface area contributed by atoms with Crippen LogP contribution in [0.1, 0.15) is 30.0 Å². The molecule has 0 spiro atoms. The number of aliphatic hydroxyl groups is 1. The average Bonchev–Trinajstić information content (AvgIpc) is 2.77. The number of nitrogens with zero attached hydrogens (tertiary/aromatic N) is 1. The van der Waals surface area contributed by atoms with Crippen molar-refractivity contribution in [3.8, 4) is 0 Å². The molecule has 0 aliphatic carbocycles. The van der Waals surface area contributed by atoms with Crippen molar-refractivity contribution in [3.63, 3.8) is 0 Å². The van der Waals surface area contributed by atoms with E-state index in [1.54, 1.807) is 17.0 Å². The van der Waals surface area contributed by atoms with Gasteiger partial charge < -0.3 is 24.8 Å². The number of aliphatic hydroxyl groups excluding tert-OH is 1. The topological polar surface area (TPSA) is 88.1 Å². The van der Waals surface area contributed by atoms with Crippen molar-refractivity contribution in [2.75, 3.05) is 19.7 Å². The largest absolute Gasteiger partial charge is 0.446 e. The van der Waals surface area contributed by atoms with Crippen LogP contribution in [0.3, 0.4) is 0 Å². The number of benzene rings is 2. The highest BCUT2D eigenvalue weighted by Crippen LogP contribution is 2.33. The summed E-state index contributed by atoms with van der Waals surface area (Å²) in [5.41, 5.74) is 1.61. The normalized spacial score (nSPS) is 18.5. The minimum Gasteiger partial charge on any atom is -0.446 e. The number of ether oxygens (including phenoxy) is 2. The molecule has 2 aromatic rings. The van der Waals surface area contributed by atoms with E-state index in [0.29, 0.717) is 19.4 Å². The highest BCUT2D eigenvalue weighted by atomic mass is 19.1. The zero-order chi connectivity index (χ0) is 21.3. The molecular formula is C22H25FN2O5. The van der Waals surface area contributed by atoms with E-state index in [2.05, 4.69) is 5.32 Å². The lowest BCUT2D eigenvalue weighted by Gasteiger charge is -2.38. The molecule has 160 valence electrons. The van der Waals surface area contributed by atoms with Crippen molar-refractivity contribution in [2.45, 2.75) is 31.6 Å². The zero-order valence-electron chi connectivity index (χ0n) is 16.5. The van der Waals surface area contributed by atoms with E-state index in [1.807, 2.05) is 30.3 Å². The van der Waals surface area contributed by atoms with Gasteiger partial charge in [0.2, 0.25) is 0 Å². The lowest BCUT2D eigenvalue weighted by atomic mass is 9.93. The second-order valence-corrected chi connectivity index (χ2v) is 7.00. The third-order valence-corrected chi connectivity index (χ3v) is 4.90. The van der Waals surface area contributed by atoms with Crippen LogP contribution in [-0.4, -0.2) is 48.0 Å². The molecule has 1 heterocycles. The van der Waals surface area contributed by atoms with E-state index in [-0.39, 0.29) is 25.6 Å². The van der Waals surface area contributed by atoms with Crippen LogP contribution in [0.15, 0.2) is 54.6 Å². The van der Waals surface area contributed by atoms with Gasteiger partial charge in [0.1, 0.15) is 18.5 Å². The van der Waals surface area contributed by atoms with Gasteiger partial charge in [0.05, 0.1) is 12.6 Å². The van der Waals surface area contributed by atoms with E-state index in [1.165, 1.54) is 12.1 Å². The molecule has 1 saturated heterocycles. The Labute approximate surface area is 174 Å². The fourth-order valence-corrected chi connectivity index (χ4v) is 3.41. The van der Waals surface area contributed by atoms with E-state index < -0.39 is 24.3 Å². The maximum absolute atomic E-state index is 13.4. The molecule has 2 atom stereocenters. The number of halogens is 1. The number of hydrogen-bond donors (Lipinski definition) is 2. The lowest BCUT2D eigenvalue weighted by molar-refractivity contribution is 0.0143. The van der Waals surface area contributed by atoms with Gasteiger partial charge in [-0.1, -0.05) is 42.5 Å². The molecule has 7 nitrogen and oxygen atoms in total. The fraction of sp³-hybridized carbons (Fsp3) is 0.364. The Bertz CT molecular complexity index is 831. The molecule has 1 fully saturated rings. The van der Waals surface area contributed by atoms with Crippen LogP contribution in [0.25, 0.3) is 0 Å². The van der Waals surface area contributed by atoms with E-state index >= 15 is 0 Å². The Kier molecular flexibility index (Phi) is 7.62. The predicted octanol–water partition coefficient (Wildman–Crippen LogP) is 3.39. The molecule has 0 saturated carbocycles. The molecule has 3 rings (SSSR count). The molecule has 30 heavy (non-hydrogen) atoms. The van der Waals surface area contributed by atoms with Crippen molar-refractivity contribution >= 4 is 12.2 Å². The van der Waals surface area contributed by atoms with Crippen LogP contribution in [0.2, 0.25) is 0 Å². The van der Waals surface area contributed by atoms with Crippen LogP contribution in [0.4, 0.5) is 14.0 Å². The maximum Gasteiger partial charge on any atom is 0.410 e. The first-order valence-electron chi connectivity index (χ1n) is 9.85. The molecule has 1 aliphatic heterocycles. The first kappa shape index (κ1) is 21.6. The Balaban J connectivity index is 1.68. The highest BCUT2D eigenvalue weighted by Gasteiger charge is 2.35. The Morgan fingerprint density at radius 2 is 1.87 bits per heavy atom. The third-order valence-electron chi connectivity index (χ3n) is 4.90. The number of amides is 2. The van der Waals surface area contributed by atoms with E-state index in [9.17, 15) is 14.0 Å². The highest BCUT2D eigenvalue weighted by molar-refractivity contribution is 5.69. The number of nitrogens with one attached hydrogen (secondary N) is 1. The summed E-state index contributed by atoms with van der Waals surface area (Å²) in [5, 5.41) is 11.3. The molecule has 0 aromatic heterocycles. The Morgan fingerprint density at radius 3 is 2.57 bits per heavy atom. The number of alkyl carbamates (subject to hydrolysis) is 1. The second-order valence-electron chi connectivity index (χ2n) is 7.00. The number of piperidine rings is 1. The van der Waals surface area contributed by atoms with Crippen LogP contribution >= 0.6 is 0 Å². The lowest BCUT2D eigenvalue weighted by Crippen LogP contribution is -2.44. The van der Waals surface area contributed by atoms with Crippen LogP contribution in [0, 0.1) is 5.82 Å². The number of carbonyl (C=O) groups is 2. The van der Waals surface area contributed by atoms with Crippen molar-refractivity contribution in [1.82, 2.24) is 10.2 Å². The molecule has 1 aliphatic rings. The standard InChI is InChI=1S/C22H25FN2O5/c23-18-8-6-17(7-9-18)20-14-19(30-21(27)24-11-13-26)10-12-25(20)22(28)29-15-16-4-2-1-3-5-16/h1-9,19-20,26H,10-15H2,(H,24,27)/t19-,20+/m0/s1. The van der Waals surface area contributed by atoms with Crippen molar-refractivity contribution in [2.24, 2.45) is 0 Å². The van der Waals surface area contributed by atoms with Crippen molar-refractivity contribution in [1.29, 1.82) is 0 Å². The quantitative estimate of drug-likeness (QED) is 0.754. The molecule has 0 radical (unpaired) electrons. The van der Waals surface area contributed by atoms with Crippen LogP contribution < -0.4 is 5.32 Å². The van der Waals surface area contributed by atoms with Crippen molar-refractivity contribution in [3.05, 3.63) is 71.5 Å². The van der Waals surface area contributed by atoms with Gasteiger partial charge in [-0.05, 0) is 23.3 Å². The first-order valence-corrected chi connectivity index (χ1v) is 9.85. The second kappa shape index (κ2) is 10.6. The van der Waals surface area contributed by atoms with Crippen LogP contribution in [-0.2, 0) is 16.1 Å². The molecule has 0 bridgehead atoms. The van der Waals surface area contributed by atoms with Gasteiger partial charge in [-0.2, -0.15) is 0 Å². The molecule has 8 heteroatoms. The minimum atomic E-state index is -0.619. The predicted molar refractivity (Wildman–Crippen MR) is 107 cm³/mol. The van der Waals surface area contributed by atoms with Gasteiger partial charge in [0.25, 0.3) is 0 Å². The summed E-state index contributed by atoms with van der Waals surface area (Å²) in [6, 6.07) is 14.9. The van der Waals surface area contributed by atoms with Gasteiger partial charge in [0, 0.05) is 25.9 Å². The number of hydrogen-bond acceptors (Lipinski definition) is 5. The van der Waals surface area contributed by atoms with Gasteiger partial charge in [0.15, 0.2) is 0 Å². The van der Waals surface area contributed by atoms with Gasteiger partial charge >= 0.3 is 12.2 Å².